The van der Waals surface area contributed by atoms with Gasteiger partial charge >= 0.3 is 0 Å². The van der Waals surface area contributed by atoms with Crippen LogP contribution in [0.5, 0.6) is 0 Å². The minimum Gasteiger partial charge on any atom is -0.310 e. The number of benzene rings is 2. The molecule has 1 atom stereocenters. The molecule has 0 radical (unpaired) electrons. The second kappa shape index (κ2) is 7.63. The normalized spacial score (nSPS) is 12.4. The summed E-state index contributed by atoms with van der Waals surface area (Å²) in [5.74, 6) is 0. The average molecular weight is 302 g/mol. The van der Waals surface area contributed by atoms with Crippen molar-refractivity contribution in [3.63, 3.8) is 0 Å². The van der Waals surface area contributed by atoms with E-state index in [1.54, 1.807) is 0 Å². The van der Waals surface area contributed by atoms with Gasteiger partial charge in [0, 0.05) is 11.1 Å². The molecule has 0 saturated carbocycles. The van der Waals surface area contributed by atoms with Crippen LogP contribution in [0.2, 0.25) is 5.02 Å². The molecule has 21 heavy (non-hydrogen) atoms. The first-order valence-corrected chi connectivity index (χ1v) is 8.03. The zero-order chi connectivity index (χ0) is 15.2. The number of rotatable bonds is 6. The minimum atomic E-state index is 0.354. The van der Waals surface area contributed by atoms with Gasteiger partial charge in [0.1, 0.15) is 0 Å². The Morgan fingerprint density at radius 3 is 2.48 bits per heavy atom. The van der Waals surface area contributed by atoms with E-state index in [4.69, 9.17) is 11.6 Å². The van der Waals surface area contributed by atoms with Crippen molar-refractivity contribution in [2.75, 3.05) is 6.54 Å². The lowest BCUT2D eigenvalue weighted by Crippen LogP contribution is -2.21. The molecule has 0 fully saturated rings. The van der Waals surface area contributed by atoms with Gasteiger partial charge in [0.2, 0.25) is 0 Å². The summed E-state index contributed by atoms with van der Waals surface area (Å²) in [6.07, 6.45) is 2.16. The Labute approximate surface area is 133 Å². The molecule has 2 rings (SSSR count). The smallest absolute Gasteiger partial charge is 0.0438 e. The molecule has 0 aromatic heterocycles. The average Bonchev–Trinajstić information content (AvgIpc) is 2.48. The fraction of sp³-hybridized carbons (Fsp3) is 0.368. The van der Waals surface area contributed by atoms with Crippen molar-refractivity contribution in [1.29, 1.82) is 0 Å². The van der Waals surface area contributed by atoms with Gasteiger partial charge in [0.15, 0.2) is 0 Å². The van der Waals surface area contributed by atoms with Crippen LogP contribution in [0.15, 0.2) is 42.5 Å². The molecule has 0 saturated heterocycles. The Morgan fingerprint density at radius 2 is 1.81 bits per heavy atom. The summed E-state index contributed by atoms with van der Waals surface area (Å²) >= 11 is 6.27. The maximum Gasteiger partial charge on any atom is 0.0438 e. The van der Waals surface area contributed by atoms with Gasteiger partial charge in [-0.25, -0.2) is 0 Å². The van der Waals surface area contributed by atoms with Crippen LogP contribution in [-0.2, 0) is 6.42 Å². The van der Waals surface area contributed by atoms with Crippen LogP contribution in [0.1, 0.15) is 41.6 Å². The molecule has 0 heterocycles. The van der Waals surface area contributed by atoms with Gasteiger partial charge < -0.3 is 5.32 Å². The molecule has 0 bridgehead atoms. The fourth-order valence-corrected chi connectivity index (χ4v) is 2.84. The Kier molecular flexibility index (Phi) is 5.84. The van der Waals surface area contributed by atoms with Crippen LogP contribution in [0, 0.1) is 13.8 Å². The highest BCUT2D eigenvalue weighted by molar-refractivity contribution is 6.31. The van der Waals surface area contributed by atoms with Gasteiger partial charge in [-0.3, -0.25) is 0 Å². The van der Waals surface area contributed by atoms with Crippen molar-refractivity contribution in [1.82, 2.24) is 5.32 Å². The second-order valence-electron chi connectivity index (χ2n) is 5.58. The molecule has 2 aromatic carbocycles. The summed E-state index contributed by atoms with van der Waals surface area (Å²) in [7, 11) is 0. The Bertz CT molecular complexity index is 592. The summed E-state index contributed by atoms with van der Waals surface area (Å²) in [6, 6.07) is 15.4. The molecule has 0 aliphatic carbocycles. The van der Waals surface area contributed by atoms with Crippen LogP contribution in [-0.4, -0.2) is 6.54 Å². The third-order valence-electron chi connectivity index (χ3n) is 4.01. The quantitative estimate of drug-likeness (QED) is 0.769. The van der Waals surface area contributed by atoms with Gasteiger partial charge in [-0.05, 0) is 61.6 Å². The molecule has 1 unspecified atom stereocenters. The molecular weight excluding hydrogens is 278 g/mol. The van der Waals surface area contributed by atoms with Gasteiger partial charge in [0.05, 0.1) is 0 Å². The van der Waals surface area contributed by atoms with Crippen molar-refractivity contribution in [3.8, 4) is 0 Å². The van der Waals surface area contributed by atoms with Crippen molar-refractivity contribution < 1.29 is 0 Å². The van der Waals surface area contributed by atoms with E-state index in [1.807, 2.05) is 6.92 Å². The van der Waals surface area contributed by atoms with Gasteiger partial charge in [0.25, 0.3) is 0 Å². The molecule has 0 spiro atoms. The van der Waals surface area contributed by atoms with E-state index in [0.29, 0.717) is 6.04 Å². The molecular formula is C19H24ClN. The third kappa shape index (κ3) is 4.33. The lowest BCUT2D eigenvalue weighted by atomic mass is 9.96. The van der Waals surface area contributed by atoms with Gasteiger partial charge in [-0.15, -0.1) is 0 Å². The Balaban J connectivity index is 2.12. The zero-order valence-corrected chi connectivity index (χ0v) is 13.9. The molecule has 112 valence electrons. The van der Waals surface area contributed by atoms with Crippen LogP contribution >= 0.6 is 11.6 Å². The summed E-state index contributed by atoms with van der Waals surface area (Å²) in [6.45, 7) is 7.34. The van der Waals surface area contributed by atoms with E-state index in [2.05, 4.69) is 61.6 Å². The highest BCUT2D eigenvalue weighted by Gasteiger charge is 2.12. The molecule has 0 aliphatic rings. The monoisotopic (exact) mass is 301 g/mol. The second-order valence-corrected chi connectivity index (χ2v) is 5.99. The largest absolute Gasteiger partial charge is 0.310 e. The molecule has 0 aliphatic heterocycles. The van der Waals surface area contributed by atoms with E-state index in [-0.39, 0.29) is 0 Å². The summed E-state index contributed by atoms with van der Waals surface area (Å²) in [5.41, 5.74) is 5.21. The standard InChI is InChI=1S/C19H24ClN/c1-4-21-19(17-10-9-15(3)18(20)13-17)12-11-16-8-6-5-7-14(16)2/h5-10,13,19,21H,4,11-12H2,1-3H3. The first-order valence-electron chi connectivity index (χ1n) is 7.65. The topological polar surface area (TPSA) is 12.0 Å². The Morgan fingerprint density at radius 1 is 1.05 bits per heavy atom. The minimum absolute atomic E-state index is 0.354. The summed E-state index contributed by atoms with van der Waals surface area (Å²) in [5, 5.41) is 4.43. The SMILES string of the molecule is CCNC(CCc1ccccc1C)c1ccc(C)c(Cl)c1. The Hall–Kier alpha value is -1.31. The highest BCUT2D eigenvalue weighted by Crippen LogP contribution is 2.25. The van der Waals surface area contributed by atoms with Gasteiger partial charge in [-0.2, -0.15) is 0 Å². The van der Waals surface area contributed by atoms with E-state index in [1.165, 1.54) is 16.7 Å². The summed E-state index contributed by atoms with van der Waals surface area (Å²) in [4.78, 5) is 0. The number of aryl methyl sites for hydroxylation is 3. The van der Waals surface area contributed by atoms with Gasteiger partial charge in [-0.1, -0.05) is 54.9 Å². The third-order valence-corrected chi connectivity index (χ3v) is 4.42. The molecule has 1 nitrogen and oxygen atoms in total. The lowest BCUT2D eigenvalue weighted by molar-refractivity contribution is 0.515. The number of nitrogens with one attached hydrogen (secondary N) is 1. The van der Waals surface area contributed by atoms with Crippen LogP contribution in [0.4, 0.5) is 0 Å². The van der Waals surface area contributed by atoms with E-state index >= 15 is 0 Å². The van der Waals surface area contributed by atoms with E-state index < -0.39 is 0 Å². The van der Waals surface area contributed by atoms with Crippen molar-refractivity contribution in [2.24, 2.45) is 0 Å². The molecule has 0 amide bonds. The summed E-state index contributed by atoms with van der Waals surface area (Å²) < 4.78 is 0. The van der Waals surface area contributed by atoms with Crippen molar-refractivity contribution in [3.05, 3.63) is 69.7 Å². The number of hydrogen-bond donors (Lipinski definition) is 1. The van der Waals surface area contributed by atoms with Crippen LogP contribution in [0.3, 0.4) is 0 Å². The number of hydrogen-bond acceptors (Lipinski definition) is 1. The predicted molar refractivity (Wildman–Crippen MR) is 92.1 cm³/mol. The highest BCUT2D eigenvalue weighted by atomic mass is 35.5. The molecule has 2 aromatic rings. The first-order chi connectivity index (χ1) is 10.1. The number of halogens is 1. The molecule has 1 N–H and O–H groups in total. The zero-order valence-electron chi connectivity index (χ0n) is 13.1. The first kappa shape index (κ1) is 16.1. The lowest BCUT2D eigenvalue weighted by Gasteiger charge is -2.19. The van der Waals surface area contributed by atoms with Crippen LogP contribution < -0.4 is 5.32 Å². The molecule has 2 heteroatoms. The van der Waals surface area contributed by atoms with E-state index in [0.717, 1.165) is 30.0 Å². The van der Waals surface area contributed by atoms with Crippen molar-refractivity contribution >= 4 is 11.6 Å². The fourth-order valence-electron chi connectivity index (χ4n) is 2.65. The maximum atomic E-state index is 6.27. The van der Waals surface area contributed by atoms with E-state index in [9.17, 15) is 0 Å². The van der Waals surface area contributed by atoms with Crippen molar-refractivity contribution in [2.45, 2.75) is 39.7 Å². The maximum absolute atomic E-state index is 6.27. The van der Waals surface area contributed by atoms with Crippen LogP contribution in [0.25, 0.3) is 0 Å². The predicted octanol–water partition coefficient (Wildman–Crippen LogP) is 5.24.